The van der Waals surface area contributed by atoms with E-state index in [0.29, 0.717) is 6.61 Å². The monoisotopic (exact) mass is 190 g/mol. The normalized spacial score (nSPS) is 12.5. The topological polar surface area (TPSA) is 20.2 Å². The molecule has 0 spiro atoms. The van der Waals surface area contributed by atoms with Crippen molar-refractivity contribution in [2.24, 2.45) is 11.3 Å². The highest BCUT2D eigenvalue weighted by molar-refractivity contribution is 7.99. The van der Waals surface area contributed by atoms with Crippen molar-refractivity contribution in [3.05, 3.63) is 0 Å². The average molecular weight is 190 g/mol. The van der Waals surface area contributed by atoms with Crippen molar-refractivity contribution in [3.8, 4) is 0 Å². The maximum Gasteiger partial charge on any atom is 0.0490 e. The van der Waals surface area contributed by atoms with E-state index >= 15 is 0 Å². The summed E-state index contributed by atoms with van der Waals surface area (Å²) in [4.78, 5) is 0. The summed E-state index contributed by atoms with van der Waals surface area (Å²) in [5.74, 6) is 3.09. The number of aliphatic hydroxyl groups excluding tert-OH is 1. The van der Waals surface area contributed by atoms with E-state index in [0.717, 1.165) is 11.7 Å². The van der Waals surface area contributed by atoms with Crippen LogP contribution < -0.4 is 0 Å². The van der Waals surface area contributed by atoms with Gasteiger partial charge in [0, 0.05) is 12.4 Å². The largest absolute Gasteiger partial charge is 0.396 e. The molecule has 0 saturated carbocycles. The Morgan fingerprint density at radius 3 is 2.33 bits per heavy atom. The van der Waals surface area contributed by atoms with Crippen molar-refractivity contribution in [1.82, 2.24) is 0 Å². The minimum absolute atomic E-state index is 0.0989. The minimum Gasteiger partial charge on any atom is -0.396 e. The Bertz CT molecular complexity index is 110. The van der Waals surface area contributed by atoms with Crippen molar-refractivity contribution in [1.29, 1.82) is 0 Å². The molecular formula is C10H22OS. The molecule has 0 atom stereocenters. The van der Waals surface area contributed by atoms with Crippen LogP contribution in [-0.2, 0) is 0 Å². The van der Waals surface area contributed by atoms with Crippen molar-refractivity contribution >= 4 is 11.8 Å². The van der Waals surface area contributed by atoms with Gasteiger partial charge in [-0.25, -0.2) is 0 Å². The van der Waals surface area contributed by atoms with E-state index in [4.69, 9.17) is 5.11 Å². The quantitative estimate of drug-likeness (QED) is 0.650. The fourth-order valence-corrected chi connectivity index (χ4v) is 2.14. The standard InChI is InChI=1S/C10H22OS/c1-9(2)5-6-12-8-10(3,4)7-11/h9,11H,5-8H2,1-4H3. The van der Waals surface area contributed by atoms with Crippen molar-refractivity contribution in [3.63, 3.8) is 0 Å². The number of hydrogen-bond donors (Lipinski definition) is 1. The molecule has 0 fully saturated rings. The Kier molecular flexibility index (Phi) is 6.02. The average Bonchev–Trinajstić information content (AvgIpc) is 1.98. The van der Waals surface area contributed by atoms with Gasteiger partial charge in [-0.15, -0.1) is 0 Å². The smallest absolute Gasteiger partial charge is 0.0490 e. The van der Waals surface area contributed by atoms with Gasteiger partial charge in [0.15, 0.2) is 0 Å². The van der Waals surface area contributed by atoms with Gasteiger partial charge in [0.1, 0.15) is 0 Å². The molecule has 0 amide bonds. The van der Waals surface area contributed by atoms with Crippen LogP contribution in [0.4, 0.5) is 0 Å². The Labute approximate surface area is 80.9 Å². The van der Waals surface area contributed by atoms with Crippen LogP contribution in [0, 0.1) is 11.3 Å². The van der Waals surface area contributed by atoms with Crippen LogP contribution in [0.1, 0.15) is 34.1 Å². The summed E-state index contributed by atoms with van der Waals surface area (Å²) in [6.45, 7) is 9.00. The summed E-state index contributed by atoms with van der Waals surface area (Å²) in [6.07, 6.45) is 1.28. The Morgan fingerprint density at radius 2 is 1.92 bits per heavy atom. The fraction of sp³-hybridized carbons (Fsp3) is 1.00. The van der Waals surface area contributed by atoms with Crippen LogP contribution >= 0.6 is 11.8 Å². The Morgan fingerprint density at radius 1 is 1.33 bits per heavy atom. The van der Waals surface area contributed by atoms with E-state index in [1.54, 1.807) is 0 Å². The van der Waals surface area contributed by atoms with Crippen molar-refractivity contribution in [2.45, 2.75) is 34.1 Å². The first-order valence-corrected chi connectivity index (χ1v) is 5.82. The van der Waals surface area contributed by atoms with Gasteiger partial charge < -0.3 is 5.11 Å². The molecule has 0 aromatic heterocycles. The second kappa shape index (κ2) is 5.87. The highest BCUT2D eigenvalue weighted by Gasteiger charge is 2.15. The van der Waals surface area contributed by atoms with E-state index in [2.05, 4.69) is 27.7 Å². The van der Waals surface area contributed by atoms with Crippen LogP contribution in [0.25, 0.3) is 0 Å². The van der Waals surface area contributed by atoms with Gasteiger partial charge in [-0.1, -0.05) is 27.7 Å². The Hall–Kier alpha value is 0.310. The van der Waals surface area contributed by atoms with Gasteiger partial charge in [-0.05, 0) is 23.5 Å². The molecule has 2 heteroatoms. The number of thioether (sulfide) groups is 1. The molecule has 74 valence electrons. The zero-order valence-corrected chi connectivity index (χ0v) is 9.58. The number of rotatable bonds is 6. The minimum atomic E-state index is 0.0989. The molecule has 1 N–H and O–H groups in total. The number of aliphatic hydroxyl groups is 1. The van der Waals surface area contributed by atoms with E-state index < -0.39 is 0 Å². The predicted molar refractivity (Wildman–Crippen MR) is 57.6 cm³/mol. The molecule has 12 heavy (non-hydrogen) atoms. The summed E-state index contributed by atoms with van der Waals surface area (Å²) in [6, 6.07) is 0. The zero-order valence-electron chi connectivity index (χ0n) is 8.76. The summed E-state index contributed by atoms with van der Waals surface area (Å²) < 4.78 is 0. The fourth-order valence-electron chi connectivity index (χ4n) is 0.713. The number of hydrogen-bond acceptors (Lipinski definition) is 2. The first kappa shape index (κ1) is 12.3. The highest BCUT2D eigenvalue weighted by Crippen LogP contribution is 2.21. The summed E-state index contributed by atoms with van der Waals surface area (Å²) in [5.41, 5.74) is 0.0989. The predicted octanol–water partition coefficient (Wildman–Crippen LogP) is 2.78. The van der Waals surface area contributed by atoms with Gasteiger partial charge in [0.05, 0.1) is 0 Å². The molecule has 1 nitrogen and oxygen atoms in total. The Balaban J connectivity index is 3.31. The molecular weight excluding hydrogens is 168 g/mol. The maximum absolute atomic E-state index is 8.99. The molecule has 0 saturated heterocycles. The summed E-state index contributed by atoms with van der Waals surface area (Å²) in [7, 11) is 0. The molecule has 0 bridgehead atoms. The molecule has 0 aromatic rings. The van der Waals surface area contributed by atoms with Crippen LogP contribution in [0.2, 0.25) is 0 Å². The third kappa shape index (κ3) is 6.99. The van der Waals surface area contributed by atoms with E-state index in [1.807, 2.05) is 11.8 Å². The molecule has 0 rings (SSSR count). The SMILES string of the molecule is CC(C)CCSCC(C)(C)CO. The lowest BCUT2D eigenvalue weighted by atomic mass is 9.98. The van der Waals surface area contributed by atoms with Gasteiger partial charge in [-0.3, -0.25) is 0 Å². The molecule has 0 unspecified atom stereocenters. The van der Waals surface area contributed by atoms with Crippen molar-refractivity contribution < 1.29 is 5.11 Å². The van der Waals surface area contributed by atoms with E-state index in [9.17, 15) is 0 Å². The van der Waals surface area contributed by atoms with E-state index in [-0.39, 0.29) is 5.41 Å². The lowest BCUT2D eigenvalue weighted by molar-refractivity contribution is 0.180. The van der Waals surface area contributed by atoms with Gasteiger partial charge in [-0.2, -0.15) is 11.8 Å². The van der Waals surface area contributed by atoms with E-state index in [1.165, 1.54) is 12.2 Å². The summed E-state index contributed by atoms with van der Waals surface area (Å²) >= 11 is 1.95. The first-order valence-electron chi connectivity index (χ1n) is 4.66. The maximum atomic E-state index is 8.99. The van der Waals surface area contributed by atoms with Gasteiger partial charge >= 0.3 is 0 Å². The molecule has 0 aliphatic heterocycles. The molecule has 0 heterocycles. The van der Waals surface area contributed by atoms with Gasteiger partial charge in [0.25, 0.3) is 0 Å². The van der Waals surface area contributed by atoms with Crippen LogP contribution in [0.5, 0.6) is 0 Å². The first-order chi connectivity index (χ1) is 5.48. The van der Waals surface area contributed by atoms with Crippen molar-refractivity contribution in [2.75, 3.05) is 18.1 Å². The van der Waals surface area contributed by atoms with Crippen LogP contribution in [-0.4, -0.2) is 23.2 Å². The zero-order chi connectivity index (χ0) is 9.61. The molecule has 0 aliphatic carbocycles. The molecule has 0 aliphatic rings. The second-order valence-corrected chi connectivity index (χ2v) is 5.66. The van der Waals surface area contributed by atoms with Gasteiger partial charge in [0.2, 0.25) is 0 Å². The lowest BCUT2D eigenvalue weighted by Gasteiger charge is -2.20. The third-order valence-electron chi connectivity index (χ3n) is 1.76. The lowest BCUT2D eigenvalue weighted by Crippen LogP contribution is -2.19. The van der Waals surface area contributed by atoms with Crippen LogP contribution in [0.15, 0.2) is 0 Å². The summed E-state index contributed by atoms with van der Waals surface area (Å²) in [5, 5.41) is 8.99. The van der Waals surface area contributed by atoms with Crippen LogP contribution in [0.3, 0.4) is 0 Å². The molecule has 0 radical (unpaired) electrons. The second-order valence-electron chi connectivity index (χ2n) is 4.56. The third-order valence-corrected chi connectivity index (χ3v) is 3.27. The molecule has 0 aromatic carbocycles. The highest BCUT2D eigenvalue weighted by atomic mass is 32.2.